The van der Waals surface area contributed by atoms with Crippen LogP contribution in [0.25, 0.3) is 0 Å². The minimum atomic E-state index is -4.58. The highest BCUT2D eigenvalue weighted by Gasteiger charge is 2.34. The normalized spacial score (nSPS) is 11.1. The van der Waals surface area contributed by atoms with Gasteiger partial charge in [0.1, 0.15) is 0 Å². The Morgan fingerprint density at radius 3 is 2.59 bits per heavy atom. The van der Waals surface area contributed by atoms with E-state index in [-0.39, 0.29) is 28.2 Å². The molecule has 0 atom stereocenters. The molecule has 1 aromatic rings. The van der Waals surface area contributed by atoms with Crippen molar-refractivity contribution in [1.29, 1.82) is 0 Å². The number of benzene rings is 1. The first-order valence-corrected chi connectivity index (χ1v) is 7.50. The Kier molecular flexibility index (Phi) is 7.09. The summed E-state index contributed by atoms with van der Waals surface area (Å²) in [5.41, 5.74) is -1.20. The Morgan fingerprint density at radius 2 is 2.00 bits per heavy atom. The molecule has 0 aliphatic heterocycles. The summed E-state index contributed by atoms with van der Waals surface area (Å²) in [4.78, 5) is 11.6. The molecule has 1 rings (SSSR count). The van der Waals surface area contributed by atoms with Crippen molar-refractivity contribution in [2.45, 2.75) is 38.8 Å². The third-order valence-corrected chi connectivity index (χ3v) is 3.23. The molecule has 0 aromatic heterocycles. The van der Waals surface area contributed by atoms with Crippen molar-refractivity contribution in [2.75, 3.05) is 5.32 Å². The van der Waals surface area contributed by atoms with Crippen LogP contribution in [0.15, 0.2) is 18.2 Å². The van der Waals surface area contributed by atoms with Crippen LogP contribution in [0, 0.1) is 0 Å². The number of unbranched alkanes of at least 4 members (excludes halogenated alkanes) is 2. The van der Waals surface area contributed by atoms with Gasteiger partial charge in [0.05, 0.1) is 11.3 Å². The Labute approximate surface area is 137 Å². The summed E-state index contributed by atoms with van der Waals surface area (Å²) in [6.45, 7) is 2.00. The smallest absolute Gasteiger partial charge is 0.332 e. The monoisotopic (exact) mass is 352 g/mol. The minimum Gasteiger partial charge on any atom is -0.332 e. The number of amides is 1. The summed E-state index contributed by atoms with van der Waals surface area (Å²) in [5, 5.41) is 4.54. The van der Waals surface area contributed by atoms with Gasteiger partial charge in [-0.1, -0.05) is 31.4 Å². The summed E-state index contributed by atoms with van der Waals surface area (Å²) in [6, 6.07) is 3.28. The number of carbonyl (C=O) groups is 1. The van der Waals surface area contributed by atoms with E-state index in [2.05, 4.69) is 10.6 Å². The highest BCUT2D eigenvalue weighted by molar-refractivity contribution is 7.80. The van der Waals surface area contributed by atoms with E-state index in [0.29, 0.717) is 6.42 Å². The third-order valence-electron chi connectivity index (χ3n) is 2.80. The molecule has 0 aliphatic carbocycles. The first-order chi connectivity index (χ1) is 10.2. The zero-order chi connectivity index (χ0) is 16.8. The number of thiocarbonyl (C=S) groups is 1. The highest BCUT2D eigenvalue weighted by atomic mass is 35.5. The summed E-state index contributed by atoms with van der Waals surface area (Å²) in [5.74, 6) is -0.325. The maximum atomic E-state index is 12.9. The molecule has 1 amide bonds. The van der Waals surface area contributed by atoms with Gasteiger partial charge in [-0.05, 0) is 36.8 Å². The zero-order valence-electron chi connectivity index (χ0n) is 11.9. The third kappa shape index (κ3) is 6.19. The number of hydrogen-bond donors (Lipinski definition) is 2. The van der Waals surface area contributed by atoms with Crippen molar-refractivity contribution in [1.82, 2.24) is 5.32 Å². The number of nitrogens with one attached hydrogen (secondary N) is 2. The molecule has 0 saturated carbocycles. The lowest BCUT2D eigenvalue weighted by atomic mass is 10.1. The van der Waals surface area contributed by atoms with Gasteiger partial charge in [0.2, 0.25) is 5.91 Å². The van der Waals surface area contributed by atoms with E-state index in [4.69, 9.17) is 23.8 Å². The van der Waals surface area contributed by atoms with Gasteiger partial charge in [-0.25, -0.2) is 0 Å². The molecule has 0 radical (unpaired) electrons. The largest absolute Gasteiger partial charge is 0.418 e. The number of anilines is 1. The Morgan fingerprint density at radius 1 is 1.32 bits per heavy atom. The first-order valence-electron chi connectivity index (χ1n) is 6.71. The standard InChI is InChI=1S/C14H16ClF3N2OS/c1-2-3-4-5-12(21)20-13(22)19-11-7-6-9(15)8-10(11)14(16,17)18/h6-8H,2-5H2,1H3,(H2,19,20,21,22). The van der Waals surface area contributed by atoms with E-state index in [1.165, 1.54) is 12.1 Å². The van der Waals surface area contributed by atoms with E-state index in [1.54, 1.807) is 0 Å². The van der Waals surface area contributed by atoms with Crippen LogP contribution < -0.4 is 10.6 Å². The van der Waals surface area contributed by atoms with Crippen molar-refractivity contribution < 1.29 is 18.0 Å². The molecule has 0 aliphatic rings. The molecule has 0 saturated heterocycles. The Balaban J connectivity index is 2.70. The molecule has 0 spiro atoms. The lowest BCUT2D eigenvalue weighted by Gasteiger charge is -2.15. The van der Waals surface area contributed by atoms with Crippen LogP contribution in [0.1, 0.15) is 38.2 Å². The van der Waals surface area contributed by atoms with E-state index < -0.39 is 11.7 Å². The molecule has 0 heterocycles. The van der Waals surface area contributed by atoms with Gasteiger partial charge < -0.3 is 10.6 Å². The van der Waals surface area contributed by atoms with Crippen LogP contribution in [0.5, 0.6) is 0 Å². The molecular formula is C14H16ClF3N2OS. The van der Waals surface area contributed by atoms with Crippen LogP contribution in [-0.4, -0.2) is 11.0 Å². The van der Waals surface area contributed by atoms with Crippen molar-refractivity contribution in [3.05, 3.63) is 28.8 Å². The van der Waals surface area contributed by atoms with Gasteiger partial charge in [-0.3, -0.25) is 4.79 Å². The van der Waals surface area contributed by atoms with E-state index in [0.717, 1.165) is 18.9 Å². The molecule has 1 aromatic carbocycles. The second-order valence-corrected chi connectivity index (χ2v) is 5.49. The van der Waals surface area contributed by atoms with Crippen LogP contribution in [0.4, 0.5) is 18.9 Å². The fourth-order valence-corrected chi connectivity index (χ4v) is 2.13. The van der Waals surface area contributed by atoms with Crippen LogP contribution in [0.3, 0.4) is 0 Å². The quantitative estimate of drug-likeness (QED) is 0.593. The van der Waals surface area contributed by atoms with E-state index >= 15 is 0 Å². The predicted molar refractivity (Wildman–Crippen MR) is 85.0 cm³/mol. The molecule has 0 unspecified atom stereocenters. The SMILES string of the molecule is CCCCCC(=O)NC(=S)Nc1ccc(Cl)cc1C(F)(F)F. The van der Waals surface area contributed by atoms with E-state index in [9.17, 15) is 18.0 Å². The fraction of sp³-hybridized carbons (Fsp3) is 0.429. The molecule has 8 heteroatoms. The second kappa shape index (κ2) is 8.33. The lowest BCUT2D eigenvalue weighted by Crippen LogP contribution is -2.34. The Hall–Kier alpha value is -1.34. The molecule has 0 fully saturated rings. The summed E-state index contributed by atoms with van der Waals surface area (Å²) in [6.07, 6.45) is -1.71. The number of hydrogen-bond acceptors (Lipinski definition) is 2. The molecular weight excluding hydrogens is 337 g/mol. The lowest BCUT2D eigenvalue weighted by molar-refractivity contribution is -0.136. The van der Waals surface area contributed by atoms with Crippen molar-refractivity contribution in [3.63, 3.8) is 0 Å². The predicted octanol–water partition coefficient (Wildman–Crippen LogP) is 4.75. The highest BCUT2D eigenvalue weighted by Crippen LogP contribution is 2.36. The molecule has 0 bridgehead atoms. The van der Waals surface area contributed by atoms with Crippen molar-refractivity contribution in [2.24, 2.45) is 0 Å². The van der Waals surface area contributed by atoms with Crippen LogP contribution in [-0.2, 0) is 11.0 Å². The fourth-order valence-electron chi connectivity index (χ4n) is 1.74. The van der Waals surface area contributed by atoms with Crippen LogP contribution in [0.2, 0.25) is 5.02 Å². The van der Waals surface area contributed by atoms with Gasteiger partial charge >= 0.3 is 6.18 Å². The average Bonchev–Trinajstić information content (AvgIpc) is 2.39. The van der Waals surface area contributed by atoms with Gasteiger partial charge in [0.15, 0.2) is 5.11 Å². The maximum Gasteiger partial charge on any atom is 0.418 e. The van der Waals surface area contributed by atoms with Crippen molar-refractivity contribution in [3.8, 4) is 0 Å². The first kappa shape index (κ1) is 18.7. The maximum absolute atomic E-state index is 12.9. The molecule has 122 valence electrons. The van der Waals surface area contributed by atoms with Crippen molar-refractivity contribution >= 4 is 40.5 Å². The summed E-state index contributed by atoms with van der Waals surface area (Å²) in [7, 11) is 0. The Bertz CT molecular complexity index is 549. The molecule has 22 heavy (non-hydrogen) atoms. The van der Waals surface area contributed by atoms with Crippen LogP contribution >= 0.6 is 23.8 Å². The summed E-state index contributed by atoms with van der Waals surface area (Å²) >= 11 is 10.4. The number of halogens is 4. The average molecular weight is 353 g/mol. The number of rotatable bonds is 5. The summed E-state index contributed by atoms with van der Waals surface area (Å²) < 4.78 is 38.8. The zero-order valence-corrected chi connectivity index (χ0v) is 13.5. The topological polar surface area (TPSA) is 41.1 Å². The molecule has 2 N–H and O–H groups in total. The van der Waals surface area contributed by atoms with Gasteiger partial charge in [-0.15, -0.1) is 0 Å². The van der Waals surface area contributed by atoms with Gasteiger partial charge in [0, 0.05) is 11.4 Å². The van der Waals surface area contributed by atoms with Gasteiger partial charge in [-0.2, -0.15) is 13.2 Å². The second-order valence-electron chi connectivity index (χ2n) is 4.65. The number of carbonyl (C=O) groups excluding carboxylic acids is 1. The number of alkyl halides is 3. The molecule has 3 nitrogen and oxygen atoms in total. The van der Waals surface area contributed by atoms with Gasteiger partial charge in [0.25, 0.3) is 0 Å². The minimum absolute atomic E-state index is 0.0348. The van der Waals surface area contributed by atoms with E-state index in [1.807, 2.05) is 6.92 Å².